The number of aryl methyl sites for hydroxylation is 2. The number of anilines is 2. The summed E-state index contributed by atoms with van der Waals surface area (Å²) in [5.74, 6) is -0.627. The molecule has 0 saturated carbocycles. The summed E-state index contributed by atoms with van der Waals surface area (Å²) >= 11 is 5.92. The number of rotatable bonds is 4. The number of benzene rings is 2. The normalized spacial score (nSPS) is 10.3. The summed E-state index contributed by atoms with van der Waals surface area (Å²) in [5.41, 5.74) is 3.08. The molecule has 0 atom stereocenters. The van der Waals surface area contributed by atoms with E-state index in [1.807, 2.05) is 19.9 Å². The third-order valence-electron chi connectivity index (χ3n) is 3.11. The Morgan fingerprint density at radius 1 is 1.10 bits per heavy atom. The Morgan fingerprint density at radius 3 is 2.52 bits per heavy atom. The number of carbonyl (C=O) groups excluding carboxylic acids is 1. The quantitative estimate of drug-likeness (QED) is 0.891. The van der Waals surface area contributed by atoms with Crippen LogP contribution in [-0.4, -0.2) is 12.5 Å². The van der Waals surface area contributed by atoms with Crippen LogP contribution in [-0.2, 0) is 4.79 Å². The van der Waals surface area contributed by atoms with E-state index in [2.05, 4.69) is 10.6 Å². The average Bonchev–Trinajstić information content (AvgIpc) is 2.44. The Bertz CT molecular complexity index is 673. The molecule has 2 N–H and O–H groups in total. The molecule has 0 aliphatic rings. The standard InChI is InChI=1S/C16H16ClFN2O/c1-10-3-5-12(17)7-14(10)19-9-16(21)20-15-8-13(18)6-4-11(15)2/h3-8,19H,9H2,1-2H3,(H,20,21). The van der Waals surface area contributed by atoms with Crippen molar-refractivity contribution in [1.29, 1.82) is 0 Å². The van der Waals surface area contributed by atoms with Crippen LogP contribution in [0.2, 0.25) is 5.02 Å². The van der Waals surface area contributed by atoms with E-state index in [1.54, 1.807) is 18.2 Å². The molecule has 0 aromatic heterocycles. The van der Waals surface area contributed by atoms with Gasteiger partial charge in [-0.3, -0.25) is 4.79 Å². The third-order valence-corrected chi connectivity index (χ3v) is 3.35. The molecule has 5 heteroatoms. The average molecular weight is 307 g/mol. The van der Waals surface area contributed by atoms with Gasteiger partial charge < -0.3 is 10.6 Å². The van der Waals surface area contributed by atoms with E-state index in [4.69, 9.17) is 11.6 Å². The Balaban J connectivity index is 1.99. The van der Waals surface area contributed by atoms with Gasteiger partial charge in [0.05, 0.1) is 6.54 Å². The lowest BCUT2D eigenvalue weighted by Gasteiger charge is -2.11. The summed E-state index contributed by atoms with van der Waals surface area (Å²) in [7, 11) is 0. The Morgan fingerprint density at radius 2 is 1.76 bits per heavy atom. The number of hydrogen-bond acceptors (Lipinski definition) is 2. The van der Waals surface area contributed by atoms with Gasteiger partial charge in [-0.25, -0.2) is 4.39 Å². The largest absolute Gasteiger partial charge is 0.376 e. The molecule has 0 spiro atoms. The highest BCUT2D eigenvalue weighted by Crippen LogP contribution is 2.20. The second-order valence-electron chi connectivity index (χ2n) is 4.82. The molecule has 0 aliphatic carbocycles. The highest BCUT2D eigenvalue weighted by molar-refractivity contribution is 6.30. The third kappa shape index (κ3) is 4.20. The Kier molecular flexibility index (Phi) is 4.81. The summed E-state index contributed by atoms with van der Waals surface area (Å²) in [6.45, 7) is 3.81. The van der Waals surface area contributed by atoms with Crippen molar-refractivity contribution in [2.45, 2.75) is 13.8 Å². The van der Waals surface area contributed by atoms with Crippen LogP contribution in [0.25, 0.3) is 0 Å². The smallest absolute Gasteiger partial charge is 0.243 e. The van der Waals surface area contributed by atoms with E-state index in [0.29, 0.717) is 10.7 Å². The molecule has 2 aromatic rings. The molecule has 0 aliphatic heterocycles. The first-order chi connectivity index (χ1) is 9.95. The SMILES string of the molecule is Cc1ccc(Cl)cc1NCC(=O)Nc1cc(F)ccc1C. The summed E-state index contributed by atoms with van der Waals surface area (Å²) in [4.78, 5) is 11.9. The van der Waals surface area contributed by atoms with Gasteiger partial charge in [0.2, 0.25) is 5.91 Å². The molecule has 0 heterocycles. The van der Waals surface area contributed by atoms with Crippen LogP contribution >= 0.6 is 11.6 Å². The Hall–Kier alpha value is -2.07. The van der Waals surface area contributed by atoms with E-state index in [1.165, 1.54) is 12.1 Å². The summed E-state index contributed by atoms with van der Waals surface area (Å²) < 4.78 is 13.2. The van der Waals surface area contributed by atoms with Crippen LogP contribution in [0.4, 0.5) is 15.8 Å². The van der Waals surface area contributed by atoms with E-state index in [9.17, 15) is 9.18 Å². The number of carbonyl (C=O) groups is 1. The molecule has 0 unspecified atom stereocenters. The second kappa shape index (κ2) is 6.59. The van der Waals surface area contributed by atoms with Gasteiger partial charge in [-0.2, -0.15) is 0 Å². The fourth-order valence-electron chi connectivity index (χ4n) is 1.88. The van der Waals surface area contributed by atoms with Crippen molar-refractivity contribution in [1.82, 2.24) is 0 Å². The fourth-order valence-corrected chi connectivity index (χ4v) is 2.06. The van der Waals surface area contributed by atoms with Crippen LogP contribution in [0, 0.1) is 19.7 Å². The zero-order valence-corrected chi connectivity index (χ0v) is 12.6. The Labute approximate surface area is 128 Å². The van der Waals surface area contributed by atoms with Crippen molar-refractivity contribution in [2.75, 3.05) is 17.2 Å². The van der Waals surface area contributed by atoms with Crippen molar-refractivity contribution in [3.63, 3.8) is 0 Å². The predicted molar refractivity (Wildman–Crippen MR) is 84.4 cm³/mol. The van der Waals surface area contributed by atoms with E-state index in [0.717, 1.165) is 16.8 Å². The fraction of sp³-hybridized carbons (Fsp3) is 0.188. The second-order valence-corrected chi connectivity index (χ2v) is 5.26. The van der Waals surface area contributed by atoms with Crippen LogP contribution in [0.15, 0.2) is 36.4 Å². The molecule has 110 valence electrons. The zero-order valence-electron chi connectivity index (χ0n) is 11.8. The van der Waals surface area contributed by atoms with Gasteiger partial charge in [0.15, 0.2) is 0 Å². The molecule has 2 aromatic carbocycles. The van der Waals surface area contributed by atoms with E-state index in [-0.39, 0.29) is 18.3 Å². The first-order valence-electron chi connectivity index (χ1n) is 6.52. The van der Waals surface area contributed by atoms with Gasteiger partial charge in [-0.05, 0) is 49.2 Å². The lowest BCUT2D eigenvalue weighted by Crippen LogP contribution is -2.22. The van der Waals surface area contributed by atoms with Gasteiger partial charge in [0.25, 0.3) is 0 Å². The first-order valence-corrected chi connectivity index (χ1v) is 6.89. The van der Waals surface area contributed by atoms with E-state index < -0.39 is 0 Å². The minimum absolute atomic E-state index is 0.0805. The lowest BCUT2D eigenvalue weighted by molar-refractivity contribution is -0.114. The molecule has 0 bridgehead atoms. The van der Waals surface area contributed by atoms with Crippen LogP contribution in [0.5, 0.6) is 0 Å². The molecular formula is C16H16ClFN2O. The van der Waals surface area contributed by atoms with Crippen LogP contribution in [0.1, 0.15) is 11.1 Å². The molecule has 0 fully saturated rings. The summed E-state index contributed by atoms with van der Waals surface area (Å²) in [5, 5.41) is 6.30. The molecule has 0 radical (unpaired) electrons. The predicted octanol–water partition coefficient (Wildman–Crippen LogP) is 4.15. The molecular weight excluding hydrogens is 291 g/mol. The number of amides is 1. The highest BCUT2D eigenvalue weighted by Gasteiger charge is 2.07. The van der Waals surface area contributed by atoms with Crippen molar-refractivity contribution in [3.05, 3.63) is 58.4 Å². The van der Waals surface area contributed by atoms with Gasteiger partial charge in [0.1, 0.15) is 5.82 Å². The maximum Gasteiger partial charge on any atom is 0.243 e. The maximum atomic E-state index is 13.2. The number of hydrogen-bond donors (Lipinski definition) is 2. The van der Waals surface area contributed by atoms with Gasteiger partial charge >= 0.3 is 0 Å². The van der Waals surface area contributed by atoms with Gasteiger partial charge in [-0.1, -0.05) is 23.7 Å². The molecule has 21 heavy (non-hydrogen) atoms. The summed E-state index contributed by atoms with van der Waals surface area (Å²) in [6, 6.07) is 9.71. The minimum Gasteiger partial charge on any atom is -0.376 e. The van der Waals surface area contributed by atoms with Crippen molar-refractivity contribution >= 4 is 28.9 Å². The molecule has 1 amide bonds. The zero-order chi connectivity index (χ0) is 15.4. The van der Waals surface area contributed by atoms with Crippen molar-refractivity contribution in [2.24, 2.45) is 0 Å². The maximum absolute atomic E-state index is 13.2. The highest BCUT2D eigenvalue weighted by atomic mass is 35.5. The molecule has 3 nitrogen and oxygen atoms in total. The first kappa shape index (κ1) is 15.3. The molecule has 2 rings (SSSR count). The van der Waals surface area contributed by atoms with Gasteiger partial charge in [0, 0.05) is 16.4 Å². The van der Waals surface area contributed by atoms with Gasteiger partial charge in [-0.15, -0.1) is 0 Å². The summed E-state index contributed by atoms with van der Waals surface area (Å²) in [6.07, 6.45) is 0. The van der Waals surface area contributed by atoms with Crippen molar-refractivity contribution < 1.29 is 9.18 Å². The van der Waals surface area contributed by atoms with E-state index >= 15 is 0 Å². The molecule has 0 saturated heterocycles. The lowest BCUT2D eigenvalue weighted by atomic mass is 10.2. The topological polar surface area (TPSA) is 41.1 Å². The minimum atomic E-state index is -0.380. The number of nitrogens with one attached hydrogen (secondary N) is 2. The number of halogens is 2. The van der Waals surface area contributed by atoms with Crippen molar-refractivity contribution in [3.8, 4) is 0 Å². The monoisotopic (exact) mass is 306 g/mol. The van der Waals surface area contributed by atoms with Crippen LogP contribution < -0.4 is 10.6 Å². The van der Waals surface area contributed by atoms with Crippen LogP contribution in [0.3, 0.4) is 0 Å².